The summed E-state index contributed by atoms with van der Waals surface area (Å²) in [5.74, 6) is 0.838. The number of para-hydroxylation sites is 1. The highest BCUT2D eigenvalue weighted by Gasteiger charge is 2.36. The predicted octanol–water partition coefficient (Wildman–Crippen LogP) is 3.63. The maximum Gasteiger partial charge on any atom is 0.223 e. The number of carbonyl (C=O) groups excluding carboxylic acids is 1. The average Bonchev–Trinajstić information content (AvgIpc) is 3.30. The van der Waals surface area contributed by atoms with E-state index in [4.69, 9.17) is 5.73 Å². The van der Waals surface area contributed by atoms with Crippen LogP contribution in [-0.4, -0.2) is 22.9 Å². The van der Waals surface area contributed by atoms with Crippen molar-refractivity contribution in [2.24, 2.45) is 5.92 Å². The first kappa shape index (κ1) is 15.9. The third-order valence-corrected chi connectivity index (χ3v) is 4.80. The number of anilines is 1. The van der Waals surface area contributed by atoms with Crippen LogP contribution in [0.3, 0.4) is 0 Å². The summed E-state index contributed by atoms with van der Waals surface area (Å²) >= 11 is 0. The Labute approximate surface area is 128 Å². The van der Waals surface area contributed by atoms with Gasteiger partial charge in [-0.3, -0.25) is 4.79 Å². The second-order valence-electron chi connectivity index (χ2n) is 6.36. The van der Waals surface area contributed by atoms with E-state index in [2.05, 4.69) is 25.7 Å². The zero-order valence-corrected chi connectivity index (χ0v) is 13.5. The summed E-state index contributed by atoms with van der Waals surface area (Å²) in [6, 6.07) is 8.65. The molecule has 1 fully saturated rings. The van der Waals surface area contributed by atoms with Crippen LogP contribution in [0.4, 0.5) is 5.69 Å². The van der Waals surface area contributed by atoms with Crippen molar-refractivity contribution in [3.63, 3.8) is 0 Å². The van der Waals surface area contributed by atoms with Crippen LogP contribution in [0.25, 0.3) is 0 Å². The summed E-state index contributed by atoms with van der Waals surface area (Å²) in [7, 11) is 0. The number of carbonyl (C=O) groups is 1. The topological polar surface area (TPSA) is 46.3 Å². The lowest BCUT2D eigenvalue weighted by Gasteiger charge is -2.33. The van der Waals surface area contributed by atoms with Crippen molar-refractivity contribution >= 4 is 11.6 Å². The van der Waals surface area contributed by atoms with Gasteiger partial charge in [0.05, 0.1) is 0 Å². The number of nitrogens with two attached hydrogens (primary N) is 1. The average molecular weight is 288 g/mol. The molecule has 0 saturated heterocycles. The molecule has 3 nitrogen and oxygen atoms in total. The number of nitrogen functional groups attached to an aromatic ring is 1. The van der Waals surface area contributed by atoms with Gasteiger partial charge >= 0.3 is 0 Å². The minimum Gasteiger partial charge on any atom is -0.399 e. The van der Waals surface area contributed by atoms with Gasteiger partial charge in [0.2, 0.25) is 5.91 Å². The number of nitrogens with zero attached hydrogens (tertiary/aromatic N) is 1. The third kappa shape index (κ3) is 3.99. The summed E-state index contributed by atoms with van der Waals surface area (Å²) in [6.07, 6.45) is 4.75. The van der Waals surface area contributed by atoms with Crippen LogP contribution in [0.1, 0.15) is 52.0 Å². The van der Waals surface area contributed by atoms with E-state index in [1.54, 1.807) is 0 Å². The predicted molar refractivity (Wildman–Crippen MR) is 88.0 cm³/mol. The number of hydrogen-bond acceptors (Lipinski definition) is 2. The van der Waals surface area contributed by atoms with E-state index in [1.807, 2.05) is 24.3 Å². The van der Waals surface area contributed by atoms with E-state index in [0.717, 1.165) is 24.1 Å². The lowest BCUT2D eigenvalue weighted by molar-refractivity contribution is -0.134. The number of amides is 1. The Balaban J connectivity index is 1.98. The van der Waals surface area contributed by atoms with Crippen LogP contribution in [0, 0.1) is 5.92 Å². The molecule has 3 heteroatoms. The van der Waals surface area contributed by atoms with E-state index in [1.165, 1.54) is 12.8 Å². The first-order chi connectivity index (χ1) is 10.0. The van der Waals surface area contributed by atoms with Crippen LogP contribution < -0.4 is 5.73 Å². The van der Waals surface area contributed by atoms with Crippen molar-refractivity contribution in [2.45, 2.75) is 65.0 Å². The molecule has 2 N–H and O–H groups in total. The minimum absolute atomic E-state index is 0.286. The number of aryl methyl sites for hydroxylation is 1. The van der Waals surface area contributed by atoms with Crippen molar-refractivity contribution in [2.75, 3.05) is 5.73 Å². The largest absolute Gasteiger partial charge is 0.399 e. The number of hydrogen-bond donors (Lipinski definition) is 1. The van der Waals surface area contributed by atoms with Gasteiger partial charge in [-0.2, -0.15) is 0 Å². The number of rotatable bonds is 7. The summed E-state index contributed by atoms with van der Waals surface area (Å²) in [5, 5.41) is 0. The smallest absolute Gasteiger partial charge is 0.223 e. The minimum atomic E-state index is 0.286. The Morgan fingerprint density at radius 1 is 1.33 bits per heavy atom. The Morgan fingerprint density at radius 3 is 2.57 bits per heavy atom. The van der Waals surface area contributed by atoms with Gasteiger partial charge in [0.15, 0.2) is 0 Å². The van der Waals surface area contributed by atoms with E-state index < -0.39 is 0 Å². The highest BCUT2D eigenvalue weighted by atomic mass is 16.2. The maximum atomic E-state index is 12.7. The van der Waals surface area contributed by atoms with E-state index >= 15 is 0 Å². The Hall–Kier alpha value is -1.51. The van der Waals surface area contributed by atoms with Crippen molar-refractivity contribution in [3.05, 3.63) is 29.8 Å². The molecule has 1 aromatic rings. The molecule has 2 rings (SSSR count). The molecule has 1 aliphatic rings. The highest BCUT2D eigenvalue weighted by Crippen LogP contribution is 2.32. The second kappa shape index (κ2) is 6.97. The fraction of sp³-hybridized carbons (Fsp3) is 0.611. The second-order valence-corrected chi connectivity index (χ2v) is 6.36. The molecule has 1 amide bonds. The first-order valence-corrected chi connectivity index (χ1v) is 8.19. The standard InChI is InChI=1S/C18H28N2O/c1-4-13(2)14(3)20(16-10-11-16)18(21)12-9-15-7-5-6-8-17(15)19/h5-8,13-14,16H,4,9-12,19H2,1-3H3. The summed E-state index contributed by atoms with van der Waals surface area (Å²) in [6.45, 7) is 6.63. The van der Waals surface area contributed by atoms with Gasteiger partial charge in [-0.1, -0.05) is 38.5 Å². The van der Waals surface area contributed by atoms with Gasteiger partial charge in [-0.25, -0.2) is 0 Å². The Bertz CT molecular complexity index is 482. The molecule has 2 unspecified atom stereocenters. The highest BCUT2D eigenvalue weighted by molar-refractivity contribution is 5.77. The number of benzene rings is 1. The molecule has 0 spiro atoms. The van der Waals surface area contributed by atoms with Crippen molar-refractivity contribution in [3.8, 4) is 0 Å². The summed E-state index contributed by atoms with van der Waals surface area (Å²) in [5.41, 5.74) is 7.83. The quantitative estimate of drug-likeness (QED) is 0.779. The summed E-state index contributed by atoms with van der Waals surface area (Å²) in [4.78, 5) is 14.8. The van der Waals surface area contributed by atoms with Gasteiger partial charge in [0.1, 0.15) is 0 Å². The molecule has 1 aromatic carbocycles. The molecule has 0 aromatic heterocycles. The SMILES string of the molecule is CCC(C)C(C)N(C(=O)CCc1ccccc1N)C1CC1. The molecule has 0 bridgehead atoms. The van der Waals surface area contributed by atoms with Gasteiger partial charge in [0.25, 0.3) is 0 Å². The fourth-order valence-electron chi connectivity index (χ4n) is 2.86. The van der Waals surface area contributed by atoms with Crippen molar-refractivity contribution < 1.29 is 4.79 Å². The van der Waals surface area contributed by atoms with E-state index in [9.17, 15) is 4.79 Å². The zero-order chi connectivity index (χ0) is 15.4. The summed E-state index contributed by atoms with van der Waals surface area (Å²) < 4.78 is 0. The van der Waals surface area contributed by atoms with E-state index in [-0.39, 0.29) is 5.91 Å². The molecule has 1 saturated carbocycles. The van der Waals surface area contributed by atoms with Gasteiger partial charge in [-0.15, -0.1) is 0 Å². The van der Waals surface area contributed by atoms with Crippen LogP contribution >= 0.6 is 0 Å². The zero-order valence-electron chi connectivity index (χ0n) is 13.5. The monoisotopic (exact) mass is 288 g/mol. The Kier molecular flexibility index (Phi) is 5.27. The molecule has 0 aliphatic heterocycles. The molecule has 0 heterocycles. The fourth-order valence-corrected chi connectivity index (χ4v) is 2.86. The van der Waals surface area contributed by atoms with Crippen LogP contribution in [0.15, 0.2) is 24.3 Å². The molecular weight excluding hydrogens is 260 g/mol. The van der Waals surface area contributed by atoms with E-state index in [0.29, 0.717) is 24.4 Å². The van der Waals surface area contributed by atoms with Crippen molar-refractivity contribution in [1.29, 1.82) is 0 Å². The molecular formula is C18H28N2O. The first-order valence-electron chi connectivity index (χ1n) is 8.19. The normalized spacial score (nSPS) is 17.3. The third-order valence-electron chi connectivity index (χ3n) is 4.80. The lowest BCUT2D eigenvalue weighted by atomic mass is 9.98. The molecule has 2 atom stereocenters. The van der Waals surface area contributed by atoms with Crippen molar-refractivity contribution in [1.82, 2.24) is 4.90 Å². The Morgan fingerprint density at radius 2 is 2.00 bits per heavy atom. The lowest BCUT2D eigenvalue weighted by Crippen LogP contribution is -2.43. The van der Waals surface area contributed by atoms with Gasteiger partial charge in [0, 0.05) is 24.2 Å². The van der Waals surface area contributed by atoms with Gasteiger partial charge in [-0.05, 0) is 43.7 Å². The molecule has 116 valence electrons. The maximum absolute atomic E-state index is 12.7. The van der Waals surface area contributed by atoms with Crippen LogP contribution in [-0.2, 0) is 11.2 Å². The van der Waals surface area contributed by atoms with Gasteiger partial charge < -0.3 is 10.6 Å². The molecule has 1 aliphatic carbocycles. The van der Waals surface area contributed by atoms with Crippen LogP contribution in [0.2, 0.25) is 0 Å². The molecule has 21 heavy (non-hydrogen) atoms. The van der Waals surface area contributed by atoms with Crippen LogP contribution in [0.5, 0.6) is 0 Å². The molecule has 0 radical (unpaired) electrons.